The van der Waals surface area contributed by atoms with Crippen molar-refractivity contribution in [3.05, 3.63) is 48.0 Å². The van der Waals surface area contributed by atoms with E-state index in [2.05, 4.69) is 0 Å². The second-order valence-electron chi connectivity index (χ2n) is 3.23. The molecule has 3 heteroatoms. The molecule has 0 unspecified atom stereocenters. The van der Waals surface area contributed by atoms with E-state index in [0.717, 1.165) is 5.56 Å². The zero-order valence-electron chi connectivity index (χ0n) is 8.28. The lowest BCUT2D eigenvalue weighted by Crippen LogP contribution is -1.93. The van der Waals surface area contributed by atoms with Gasteiger partial charge in [-0.1, -0.05) is 24.3 Å². The number of benzene rings is 1. The van der Waals surface area contributed by atoms with Gasteiger partial charge in [-0.25, -0.2) is 4.39 Å². The van der Waals surface area contributed by atoms with Crippen molar-refractivity contribution in [2.75, 3.05) is 13.2 Å². The molecule has 2 nitrogen and oxygen atoms in total. The second-order valence-corrected chi connectivity index (χ2v) is 3.23. The molecule has 1 aliphatic heterocycles. The molecule has 2 rings (SSSR count). The van der Waals surface area contributed by atoms with Crippen molar-refractivity contribution in [1.82, 2.24) is 0 Å². The molecule has 1 heterocycles. The molecule has 0 aliphatic carbocycles. The molecule has 1 aliphatic rings. The maximum atomic E-state index is 12.6. The first kappa shape index (κ1) is 10.3. The Morgan fingerprint density at radius 3 is 2.47 bits per heavy atom. The van der Waals surface area contributed by atoms with Gasteiger partial charge in [-0.2, -0.15) is 0 Å². The molecule has 1 fully saturated rings. The summed E-state index contributed by atoms with van der Waals surface area (Å²) in [6.45, 7) is 1.28. The topological polar surface area (TPSA) is 18.5 Å². The predicted molar refractivity (Wildman–Crippen MR) is 55.2 cm³/mol. The molecule has 0 spiro atoms. The Balaban J connectivity index is 1.85. The maximum absolute atomic E-state index is 12.6. The van der Waals surface area contributed by atoms with Crippen molar-refractivity contribution in [1.29, 1.82) is 0 Å². The highest BCUT2D eigenvalue weighted by molar-refractivity contribution is 5.48. The van der Waals surface area contributed by atoms with Crippen molar-refractivity contribution < 1.29 is 13.9 Å². The first-order valence-electron chi connectivity index (χ1n) is 4.88. The number of rotatable bonds is 3. The van der Waals surface area contributed by atoms with Crippen LogP contribution in [0, 0.1) is 12.1 Å². The zero-order chi connectivity index (χ0) is 10.5. The molecular weight excluding hydrogens is 195 g/mol. The summed E-state index contributed by atoms with van der Waals surface area (Å²) < 4.78 is 23.0. The fourth-order valence-corrected chi connectivity index (χ4v) is 1.34. The lowest BCUT2D eigenvalue weighted by atomic mass is 10.2. The van der Waals surface area contributed by atoms with Gasteiger partial charge in [-0.15, -0.1) is 0 Å². The Morgan fingerprint density at radius 1 is 1.13 bits per heavy atom. The van der Waals surface area contributed by atoms with Gasteiger partial charge in [0, 0.05) is 6.42 Å². The standard InChI is InChI=1S/C12H12FO2/c13-11-6-4-10(5-7-11)2-1-3-12-14-8-9-15-12/h1-2,4-7H,3,8-9H2. The molecule has 1 aromatic rings. The van der Waals surface area contributed by atoms with Gasteiger partial charge >= 0.3 is 0 Å². The predicted octanol–water partition coefficient (Wildman–Crippen LogP) is 2.77. The lowest BCUT2D eigenvalue weighted by molar-refractivity contribution is 0.0736. The van der Waals surface area contributed by atoms with Gasteiger partial charge in [0.2, 0.25) is 6.29 Å². The number of hydrogen-bond acceptors (Lipinski definition) is 2. The van der Waals surface area contributed by atoms with Crippen LogP contribution in [0.2, 0.25) is 0 Å². The molecule has 0 amide bonds. The van der Waals surface area contributed by atoms with Crippen LogP contribution in [-0.2, 0) is 9.47 Å². The van der Waals surface area contributed by atoms with E-state index in [1.54, 1.807) is 12.1 Å². The zero-order valence-corrected chi connectivity index (χ0v) is 8.28. The summed E-state index contributed by atoms with van der Waals surface area (Å²) in [6, 6.07) is 6.34. The van der Waals surface area contributed by atoms with Crippen LogP contribution in [-0.4, -0.2) is 13.2 Å². The Morgan fingerprint density at radius 2 is 1.80 bits per heavy atom. The first-order valence-corrected chi connectivity index (χ1v) is 4.88. The first-order chi connectivity index (χ1) is 7.34. The molecule has 79 valence electrons. The quantitative estimate of drug-likeness (QED) is 0.758. The smallest absolute Gasteiger partial charge is 0.227 e. The molecule has 15 heavy (non-hydrogen) atoms. The fourth-order valence-electron chi connectivity index (χ4n) is 1.34. The third-order valence-corrected chi connectivity index (χ3v) is 2.07. The summed E-state index contributed by atoms with van der Waals surface area (Å²) in [5.41, 5.74) is 0.968. The van der Waals surface area contributed by atoms with Gasteiger partial charge < -0.3 is 9.47 Å². The van der Waals surface area contributed by atoms with E-state index in [4.69, 9.17) is 9.47 Å². The van der Waals surface area contributed by atoms with Gasteiger partial charge in [0.15, 0.2) is 0 Å². The van der Waals surface area contributed by atoms with Crippen LogP contribution in [0.15, 0.2) is 30.3 Å². The summed E-state index contributed by atoms with van der Waals surface area (Å²) >= 11 is 0. The van der Waals surface area contributed by atoms with Crippen molar-refractivity contribution in [2.45, 2.75) is 6.42 Å². The summed E-state index contributed by atoms with van der Waals surface area (Å²) in [6.07, 6.45) is 5.16. The van der Waals surface area contributed by atoms with Crippen LogP contribution in [0.1, 0.15) is 12.0 Å². The minimum Gasteiger partial charge on any atom is -0.343 e. The van der Waals surface area contributed by atoms with Crippen LogP contribution in [0.25, 0.3) is 6.08 Å². The van der Waals surface area contributed by atoms with Crippen LogP contribution >= 0.6 is 0 Å². The summed E-state index contributed by atoms with van der Waals surface area (Å²) in [5, 5.41) is 0. The highest BCUT2D eigenvalue weighted by Crippen LogP contribution is 2.17. The van der Waals surface area contributed by atoms with Gasteiger partial charge in [0.25, 0.3) is 0 Å². The Hall–Kier alpha value is -1.19. The molecule has 0 saturated carbocycles. The summed E-state index contributed by atoms with van der Waals surface area (Å²) in [4.78, 5) is 0. The van der Waals surface area contributed by atoms with Gasteiger partial charge in [0.1, 0.15) is 5.82 Å². The van der Waals surface area contributed by atoms with Crippen molar-refractivity contribution >= 4 is 6.08 Å². The molecule has 0 aromatic heterocycles. The SMILES string of the molecule is Fc1ccc(C=CC[C]2OCCO2)cc1. The summed E-state index contributed by atoms with van der Waals surface area (Å²) in [5.74, 6) is -0.219. The number of halogens is 1. The Bertz CT molecular complexity index is 326. The normalized spacial score (nSPS) is 17.7. The minimum absolute atomic E-state index is 0.219. The fraction of sp³-hybridized carbons (Fsp3) is 0.250. The summed E-state index contributed by atoms with van der Waals surface area (Å²) in [7, 11) is 0. The van der Waals surface area contributed by atoms with E-state index >= 15 is 0 Å². The van der Waals surface area contributed by atoms with Crippen molar-refractivity contribution in [2.24, 2.45) is 0 Å². The van der Waals surface area contributed by atoms with E-state index in [1.807, 2.05) is 12.2 Å². The Kier molecular flexibility index (Phi) is 3.48. The maximum Gasteiger partial charge on any atom is 0.227 e. The van der Waals surface area contributed by atoms with E-state index in [1.165, 1.54) is 12.1 Å². The van der Waals surface area contributed by atoms with Crippen molar-refractivity contribution in [3.63, 3.8) is 0 Å². The van der Waals surface area contributed by atoms with Gasteiger partial charge in [-0.05, 0) is 17.7 Å². The molecular formula is C12H12FO2. The van der Waals surface area contributed by atoms with Crippen LogP contribution in [0.3, 0.4) is 0 Å². The average Bonchev–Trinajstić information content (AvgIpc) is 2.74. The highest BCUT2D eigenvalue weighted by Gasteiger charge is 2.15. The largest absolute Gasteiger partial charge is 0.343 e. The average molecular weight is 207 g/mol. The number of ether oxygens (including phenoxy) is 2. The number of hydrogen-bond donors (Lipinski definition) is 0. The second kappa shape index (κ2) is 5.05. The van der Waals surface area contributed by atoms with E-state index in [9.17, 15) is 4.39 Å². The van der Waals surface area contributed by atoms with Crippen LogP contribution < -0.4 is 0 Å². The molecule has 1 radical (unpaired) electrons. The van der Waals surface area contributed by atoms with E-state index in [-0.39, 0.29) is 5.82 Å². The highest BCUT2D eigenvalue weighted by atomic mass is 19.1. The van der Waals surface area contributed by atoms with E-state index in [0.29, 0.717) is 25.9 Å². The molecule has 0 atom stereocenters. The van der Waals surface area contributed by atoms with Crippen LogP contribution in [0.4, 0.5) is 4.39 Å². The third-order valence-electron chi connectivity index (χ3n) is 2.07. The molecule has 0 bridgehead atoms. The Labute approximate surface area is 88.3 Å². The van der Waals surface area contributed by atoms with Gasteiger partial charge in [0.05, 0.1) is 13.2 Å². The molecule has 1 saturated heterocycles. The lowest BCUT2D eigenvalue weighted by Gasteiger charge is -2.01. The monoisotopic (exact) mass is 207 g/mol. The van der Waals surface area contributed by atoms with Crippen molar-refractivity contribution in [3.8, 4) is 0 Å². The van der Waals surface area contributed by atoms with E-state index < -0.39 is 0 Å². The third kappa shape index (κ3) is 3.15. The minimum atomic E-state index is -0.219. The van der Waals surface area contributed by atoms with Gasteiger partial charge in [-0.3, -0.25) is 0 Å². The molecule has 0 N–H and O–H groups in total. The van der Waals surface area contributed by atoms with Crippen LogP contribution in [0.5, 0.6) is 0 Å². The molecule has 1 aromatic carbocycles.